The molecular formula is C24H18N2OS. The highest BCUT2D eigenvalue weighted by Crippen LogP contribution is 2.31. The van der Waals surface area contributed by atoms with Gasteiger partial charge in [0.2, 0.25) is 0 Å². The van der Waals surface area contributed by atoms with Crippen LogP contribution in [0, 0.1) is 6.92 Å². The monoisotopic (exact) mass is 382 g/mol. The van der Waals surface area contributed by atoms with Gasteiger partial charge >= 0.3 is 0 Å². The highest BCUT2D eigenvalue weighted by molar-refractivity contribution is 7.17. The van der Waals surface area contributed by atoms with Gasteiger partial charge in [0.15, 0.2) is 0 Å². The Morgan fingerprint density at radius 3 is 2.61 bits per heavy atom. The van der Waals surface area contributed by atoms with Crippen LogP contribution in [-0.2, 0) is 6.54 Å². The maximum Gasteiger partial charge on any atom is 0.263 e. The molecule has 0 bridgehead atoms. The van der Waals surface area contributed by atoms with Crippen LogP contribution in [-0.4, -0.2) is 9.55 Å². The van der Waals surface area contributed by atoms with Crippen molar-refractivity contribution in [3.8, 4) is 11.1 Å². The van der Waals surface area contributed by atoms with Crippen molar-refractivity contribution in [1.82, 2.24) is 9.55 Å². The number of fused-ring (bicyclic) bond motifs is 2. The zero-order valence-corrected chi connectivity index (χ0v) is 16.2. The summed E-state index contributed by atoms with van der Waals surface area (Å²) in [6.07, 6.45) is 1.67. The standard InChI is InChI=1S/C24H18N2OS/c1-16-9-11-18(12-10-16)21-14-28-23-22(21)24(27)26(15-25-23)13-19-7-4-6-17-5-2-3-8-20(17)19/h2-12,14-15H,13H2,1H3. The van der Waals surface area contributed by atoms with E-state index < -0.39 is 0 Å². The summed E-state index contributed by atoms with van der Waals surface area (Å²) in [7, 11) is 0. The van der Waals surface area contributed by atoms with Crippen LogP contribution in [0.2, 0.25) is 0 Å². The van der Waals surface area contributed by atoms with Gasteiger partial charge in [-0.25, -0.2) is 4.98 Å². The average Bonchev–Trinajstić information content (AvgIpc) is 3.16. The topological polar surface area (TPSA) is 34.9 Å². The Morgan fingerprint density at radius 1 is 0.964 bits per heavy atom. The second-order valence-electron chi connectivity index (χ2n) is 7.01. The summed E-state index contributed by atoms with van der Waals surface area (Å²) in [6.45, 7) is 2.57. The zero-order chi connectivity index (χ0) is 19.1. The molecule has 3 aromatic carbocycles. The highest BCUT2D eigenvalue weighted by atomic mass is 32.1. The zero-order valence-electron chi connectivity index (χ0n) is 15.4. The molecule has 2 aromatic heterocycles. The molecule has 0 atom stereocenters. The lowest BCUT2D eigenvalue weighted by Crippen LogP contribution is -2.21. The minimum Gasteiger partial charge on any atom is -0.294 e. The van der Waals surface area contributed by atoms with Gasteiger partial charge in [-0.15, -0.1) is 11.3 Å². The molecule has 0 saturated carbocycles. The van der Waals surface area contributed by atoms with Crippen LogP contribution >= 0.6 is 11.3 Å². The number of nitrogens with zero attached hydrogens (tertiary/aromatic N) is 2. The third-order valence-corrected chi connectivity index (χ3v) is 6.03. The van der Waals surface area contributed by atoms with Crippen LogP contribution in [0.25, 0.3) is 32.1 Å². The van der Waals surface area contributed by atoms with E-state index in [0.29, 0.717) is 11.9 Å². The lowest BCUT2D eigenvalue weighted by Gasteiger charge is -2.09. The molecule has 0 saturated heterocycles. The van der Waals surface area contributed by atoms with E-state index in [0.717, 1.165) is 21.5 Å². The molecule has 5 aromatic rings. The number of hydrogen-bond donors (Lipinski definition) is 0. The van der Waals surface area contributed by atoms with Gasteiger partial charge in [0.05, 0.1) is 18.3 Å². The van der Waals surface area contributed by atoms with Crippen molar-refractivity contribution >= 4 is 32.3 Å². The highest BCUT2D eigenvalue weighted by Gasteiger charge is 2.14. The van der Waals surface area contributed by atoms with Crippen LogP contribution in [0.4, 0.5) is 0 Å². The fourth-order valence-electron chi connectivity index (χ4n) is 3.64. The molecule has 0 aliphatic carbocycles. The number of rotatable bonds is 3. The van der Waals surface area contributed by atoms with Gasteiger partial charge < -0.3 is 0 Å². The predicted octanol–water partition coefficient (Wildman–Crippen LogP) is 5.63. The molecular weight excluding hydrogens is 364 g/mol. The van der Waals surface area contributed by atoms with Gasteiger partial charge in [-0.3, -0.25) is 9.36 Å². The smallest absolute Gasteiger partial charge is 0.263 e. The molecule has 2 heterocycles. The SMILES string of the molecule is Cc1ccc(-c2csc3ncn(Cc4cccc5ccccc45)c(=O)c23)cc1. The van der Waals surface area contributed by atoms with E-state index in [-0.39, 0.29) is 5.56 Å². The van der Waals surface area contributed by atoms with E-state index in [1.165, 1.54) is 27.7 Å². The lowest BCUT2D eigenvalue weighted by molar-refractivity contribution is 0.754. The Morgan fingerprint density at radius 2 is 1.75 bits per heavy atom. The Bertz CT molecular complexity index is 1360. The molecule has 0 fully saturated rings. The van der Waals surface area contributed by atoms with Crippen molar-refractivity contribution in [2.75, 3.05) is 0 Å². The van der Waals surface area contributed by atoms with Crippen molar-refractivity contribution < 1.29 is 0 Å². The third-order valence-electron chi connectivity index (χ3n) is 5.14. The van der Waals surface area contributed by atoms with Crippen molar-refractivity contribution in [2.45, 2.75) is 13.5 Å². The summed E-state index contributed by atoms with van der Waals surface area (Å²) in [5, 5.41) is 5.09. The molecule has 0 N–H and O–H groups in total. The van der Waals surface area contributed by atoms with Crippen molar-refractivity contribution in [1.29, 1.82) is 0 Å². The first-order valence-electron chi connectivity index (χ1n) is 9.21. The van der Waals surface area contributed by atoms with Crippen LogP contribution in [0.15, 0.2) is 83.2 Å². The summed E-state index contributed by atoms with van der Waals surface area (Å²) in [4.78, 5) is 18.7. The first-order chi connectivity index (χ1) is 13.7. The third kappa shape index (κ3) is 2.83. The molecule has 136 valence electrons. The van der Waals surface area contributed by atoms with Gasteiger partial charge in [-0.1, -0.05) is 72.3 Å². The quantitative estimate of drug-likeness (QED) is 0.405. The molecule has 0 spiro atoms. The van der Waals surface area contributed by atoms with Crippen LogP contribution < -0.4 is 5.56 Å². The molecule has 5 rings (SSSR count). The number of benzene rings is 3. The van der Waals surface area contributed by atoms with Gasteiger partial charge in [-0.05, 0) is 28.8 Å². The van der Waals surface area contributed by atoms with Gasteiger partial charge in [0.1, 0.15) is 4.83 Å². The van der Waals surface area contributed by atoms with E-state index in [1.54, 1.807) is 10.9 Å². The minimum atomic E-state index is 0.00904. The summed E-state index contributed by atoms with van der Waals surface area (Å²) in [5.74, 6) is 0. The van der Waals surface area contributed by atoms with E-state index in [2.05, 4.69) is 60.4 Å². The maximum absolute atomic E-state index is 13.3. The van der Waals surface area contributed by atoms with Gasteiger partial charge in [-0.2, -0.15) is 0 Å². The molecule has 0 aliphatic rings. The van der Waals surface area contributed by atoms with E-state index >= 15 is 0 Å². The summed E-state index contributed by atoms with van der Waals surface area (Å²) in [6, 6.07) is 22.8. The Kier molecular flexibility index (Phi) is 4.06. The number of aryl methyl sites for hydroxylation is 1. The van der Waals surface area contributed by atoms with Gasteiger partial charge in [0, 0.05) is 10.9 Å². The van der Waals surface area contributed by atoms with E-state index in [1.807, 2.05) is 23.6 Å². The molecule has 0 aliphatic heterocycles. The molecule has 0 amide bonds. The summed E-state index contributed by atoms with van der Waals surface area (Å²) >= 11 is 1.52. The number of thiophene rings is 1. The molecule has 0 radical (unpaired) electrons. The second-order valence-corrected chi connectivity index (χ2v) is 7.87. The van der Waals surface area contributed by atoms with Gasteiger partial charge in [0.25, 0.3) is 5.56 Å². The second kappa shape index (κ2) is 6.73. The van der Waals surface area contributed by atoms with E-state index in [9.17, 15) is 4.79 Å². The van der Waals surface area contributed by atoms with Crippen LogP contribution in [0.3, 0.4) is 0 Å². The molecule has 28 heavy (non-hydrogen) atoms. The minimum absolute atomic E-state index is 0.00904. The molecule has 3 nitrogen and oxygen atoms in total. The number of aromatic nitrogens is 2. The van der Waals surface area contributed by atoms with Crippen LogP contribution in [0.5, 0.6) is 0 Å². The van der Waals surface area contributed by atoms with Crippen molar-refractivity contribution in [2.24, 2.45) is 0 Å². The molecule has 4 heteroatoms. The van der Waals surface area contributed by atoms with Crippen molar-refractivity contribution in [3.05, 3.63) is 99.9 Å². The van der Waals surface area contributed by atoms with Crippen LogP contribution in [0.1, 0.15) is 11.1 Å². The summed E-state index contributed by atoms with van der Waals surface area (Å²) in [5.41, 5.74) is 4.35. The largest absolute Gasteiger partial charge is 0.294 e. The fraction of sp³-hybridized carbons (Fsp3) is 0.0833. The molecule has 0 unspecified atom stereocenters. The first-order valence-corrected chi connectivity index (χ1v) is 10.1. The normalized spacial score (nSPS) is 11.3. The maximum atomic E-state index is 13.3. The Hall–Kier alpha value is -3.24. The Labute approximate surface area is 166 Å². The van der Waals surface area contributed by atoms with Crippen molar-refractivity contribution in [3.63, 3.8) is 0 Å². The first kappa shape index (κ1) is 16.9. The lowest BCUT2D eigenvalue weighted by atomic mass is 10.0. The summed E-state index contributed by atoms with van der Waals surface area (Å²) < 4.78 is 1.72. The number of hydrogen-bond acceptors (Lipinski definition) is 3. The Balaban J connectivity index is 1.65. The van der Waals surface area contributed by atoms with E-state index in [4.69, 9.17) is 0 Å². The predicted molar refractivity (Wildman–Crippen MR) is 117 cm³/mol. The average molecular weight is 382 g/mol. The fourth-order valence-corrected chi connectivity index (χ4v) is 4.55.